The number of aliphatic carboxylic acids is 1. The highest BCUT2D eigenvalue weighted by molar-refractivity contribution is 7.90. The van der Waals surface area contributed by atoms with E-state index < -0.39 is 33.5 Å². The first kappa shape index (κ1) is 17.2. The lowest BCUT2D eigenvalue weighted by molar-refractivity contribution is -0.140. The second-order valence-electron chi connectivity index (χ2n) is 5.06. The molecule has 0 fully saturated rings. The maximum atomic E-state index is 12.1. The highest BCUT2D eigenvalue weighted by atomic mass is 32.2. The fraction of sp³-hybridized carbons (Fsp3) is 0.429. The molecule has 0 aliphatic heterocycles. The predicted octanol–water partition coefficient (Wildman–Crippen LogP) is 0.808. The van der Waals surface area contributed by atoms with Crippen molar-refractivity contribution in [3.8, 4) is 0 Å². The summed E-state index contributed by atoms with van der Waals surface area (Å²) < 4.78 is 24.2. The van der Waals surface area contributed by atoms with Crippen LogP contribution < -0.4 is 5.32 Å². The first-order chi connectivity index (χ1) is 9.60. The number of carboxylic acids is 1. The fourth-order valence-corrected chi connectivity index (χ4v) is 3.42. The quantitative estimate of drug-likeness (QED) is 0.809. The van der Waals surface area contributed by atoms with Gasteiger partial charge < -0.3 is 10.4 Å². The van der Waals surface area contributed by atoms with Gasteiger partial charge in [-0.05, 0) is 30.5 Å². The highest BCUT2D eigenvalue weighted by Gasteiger charge is 2.26. The lowest BCUT2D eigenvalue weighted by Gasteiger charge is -2.14. The smallest absolute Gasteiger partial charge is 0.327 e. The van der Waals surface area contributed by atoms with Crippen LogP contribution in [0, 0.1) is 13.8 Å². The number of hydrogen-bond acceptors (Lipinski definition) is 4. The van der Waals surface area contributed by atoms with Crippen molar-refractivity contribution in [1.29, 1.82) is 0 Å². The van der Waals surface area contributed by atoms with Crippen molar-refractivity contribution in [1.82, 2.24) is 5.32 Å². The monoisotopic (exact) mass is 313 g/mol. The Bertz CT molecular complexity index is 651. The van der Waals surface area contributed by atoms with Gasteiger partial charge in [0.05, 0.1) is 11.5 Å². The number of carbonyl (C=O) groups is 2. The van der Waals surface area contributed by atoms with Gasteiger partial charge in [-0.25, -0.2) is 13.2 Å². The Balaban J connectivity index is 2.87. The van der Waals surface area contributed by atoms with Crippen LogP contribution in [0.2, 0.25) is 0 Å². The van der Waals surface area contributed by atoms with E-state index in [2.05, 4.69) is 5.32 Å². The largest absolute Gasteiger partial charge is 0.480 e. The number of rotatable bonds is 6. The van der Waals surface area contributed by atoms with Crippen molar-refractivity contribution in [3.63, 3.8) is 0 Å². The molecule has 0 radical (unpaired) electrons. The van der Waals surface area contributed by atoms with Gasteiger partial charge in [-0.3, -0.25) is 4.79 Å². The highest BCUT2D eigenvalue weighted by Crippen LogP contribution is 2.13. The second-order valence-corrected chi connectivity index (χ2v) is 7.17. The van der Waals surface area contributed by atoms with Crippen LogP contribution in [0.5, 0.6) is 0 Å². The Morgan fingerprint density at radius 3 is 2.33 bits per heavy atom. The van der Waals surface area contributed by atoms with E-state index in [1.54, 1.807) is 12.1 Å². The molecule has 0 spiro atoms. The lowest BCUT2D eigenvalue weighted by Crippen LogP contribution is -2.44. The minimum atomic E-state index is -3.65. The SMILES string of the molecule is CC(=O)NC(CS(=O)(=O)Cc1ccc(C)c(C)c1)C(=O)O. The Kier molecular flexibility index (Phi) is 5.48. The summed E-state index contributed by atoms with van der Waals surface area (Å²) in [6.07, 6.45) is 0. The van der Waals surface area contributed by atoms with Gasteiger partial charge >= 0.3 is 5.97 Å². The number of aryl methyl sites for hydroxylation is 2. The molecule has 0 heterocycles. The van der Waals surface area contributed by atoms with Crippen molar-refractivity contribution in [2.75, 3.05) is 5.75 Å². The number of sulfone groups is 1. The van der Waals surface area contributed by atoms with Gasteiger partial charge in [0.25, 0.3) is 0 Å². The summed E-state index contributed by atoms with van der Waals surface area (Å²) in [6, 6.07) is 3.86. The fourth-order valence-electron chi connectivity index (χ4n) is 1.88. The van der Waals surface area contributed by atoms with Gasteiger partial charge in [-0.15, -0.1) is 0 Å². The van der Waals surface area contributed by atoms with Gasteiger partial charge in [0.2, 0.25) is 5.91 Å². The minimum absolute atomic E-state index is 0.252. The summed E-state index contributed by atoms with van der Waals surface area (Å²) in [5.41, 5.74) is 2.63. The Morgan fingerprint density at radius 1 is 1.24 bits per heavy atom. The number of nitrogens with one attached hydrogen (secondary N) is 1. The van der Waals surface area contributed by atoms with Gasteiger partial charge in [-0.1, -0.05) is 18.2 Å². The molecular formula is C14H19NO5S. The maximum Gasteiger partial charge on any atom is 0.327 e. The second kappa shape index (κ2) is 6.71. The number of amides is 1. The minimum Gasteiger partial charge on any atom is -0.480 e. The van der Waals surface area contributed by atoms with E-state index in [0.717, 1.165) is 18.1 Å². The van der Waals surface area contributed by atoms with Gasteiger partial charge in [0.15, 0.2) is 9.84 Å². The number of benzene rings is 1. The zero-order chi connectivity index (χ0) is 16.2. The molecule has 0 aliphatic carbocycles. The zero-order valence-corrected chi connectivity index (χ0v) is 13.0. The van der Waals surface area contributed by atoms with Crippen LogP contribution in [-0.4, -0.2) is 37.2 Å². The van der Waals surface area contributed by atoms with Crippen LogP contribution in [0.1, 0.15) is 23.6 Å². The number of carbonyl (C=O) groups excluding carboxylic acids is 1. The van der Waals surface area contributed by atoms with Crippen LogP contribution in [0.4, 0.5) is 0 Å². The lowest BCUT2D eigenvalue weighted by atomic mass is 10.1. The van der Waals surface area contributed by atoms with Crippen molar-refractivity contribution in [2.45, 2.75) is 32.6 Å². The number of carboxylic acid groups (broad SMARTS) is 1. The van der Waals surface area contributed by atoms with Crippen LogP contribution in [0.3, 0.4) is 0 Å². The van der Waals surface area contributed by atoms with Gasteiger partial charge in [0.1, 0.15) is 6.04 Å². The molecule has 1 rings (SSSR count). The molecule has 0 saturated heterocycles. The normalized spacial score (nSPS) is 12.7. The van der Waals surface area contributed by atoms with E-state index in [-0.39, 0.29) is 5.75 Å². The first-order valence-electron chi connectivity index (χ1n) is 6.37. The van der Waals surface area contributed by atoms with E-state index in [9.17, 15) is 18.0 Å². The first-order valence-corrected chi connectivity index (χ1v) is 8.19. The molecule has 1 aromatic carbocycles. The molecule has 6 nitrogen and oxygen atoms in total. The number of hydrogen-bond donors (Lipinski definition) is 2. The van der Waals surface area contributed by atoms with Crippen LogP contribution in [0.15, 0.2) is 18.2 Å². The molecule has 116 valence electrons. The van der Waals surface area contributed by atoms with Crippen molar-refractivity contribution < 1.29 is 23.1 Å². The molecule has 2 N–H and O–H groups in total. The van der Waals surface area contributed by atoms with Crippen molar-refractivity contribution in [3.05, 3.63) is 34.9 Å². The third-order valence-corrected chi connectivity index (χ3v) is 4.67. The Labute approximate surface area is 124 Å². The van der Waals surface area contributed by atoms with Crippen LogP contribution >= 0.6 is 0 Å². The molecule has 1 atom stereocenters. The van der Waals surface area contributed by atoms with E-state index >= 15 is 0 Å². The third kappa shape index (κ3) is 5.55. The van der Waals surface area contributed by atoms with Gasteiger partial charge in [0, 0.05) is 6.92 Å². The Morgan fingerprint density at radius 2 is 1.86 bits per heavy atom. The summed E-state index contributed by atoms with van der Waals surface area (Å²) >= 11 is 0. The van der Waals surface area contributed by atoms with Crippen molar-refractivity contribution >= 4 is 21.7 Å². The molecule has 7 heteroatoms. The molecule has 1 aromatic rings. The molecule has 0 aliphatic rings. The topological polar surface area (TPSA) is 101 Å². The molecule has 0 aromatic heterocycles. The van der Waals surface area contributed by atoms with E-state index in [0.29, 0.717) is 5.56 Å². The molecule has 1 amide bonds. The van der Waals surface area contributed by atoms with Crippen molar-refractivity contribution in [2.24, 2.45) is 0 Å². The molecule has 1 unspecified atom stereocenters. The molecule has 0 saturated carbocycles. The summed E-state index contributed by atoms with van der Waals surface area (Å²) in [5.74, 6) is -2.83. The average Bonchev–Trinajstić information content (AvgIpc) is 2.31. The molecular weight excluding hydrogens is 294 g/mol. The predicted molar refractivity (Wildman–Crippen MR) is 78.6 cm³/mol. The molecule has 21 heavy (non-hydrogen) atoms. The average molecular weight is 313 g/mol. The van der Waals surface area contributed by atoms with E-state index in [1.165, 1.54) is 0 Å². The van der Waals surface area contributed by atoms with E-state index in [1.807, 2.05) is 19.9 Å². The summed E-state index contributed by atoms with van der Waals surface area (Å²) in [6.45, 7) is 4.94. The Hall–Kier alpha value is -1.89. The zero-order valence-electron chi connectivity index (χ0n) is 12.2. The standard InChI is InChI=1S/C14H19NO5S/c1-9-4-5-12(6-10(9)2)7-21(19,20)8-13(14(17)18)15-11(3)16/h4-6,13H,7-8H2,1-3H3,(H,15,16)(H,17,18). The summed E-state index contributed by atoms with van der Waals surface area (Å²) in [5, 5.41) is 11.1. The van der Waals surface area contributed by atoms with Crippen LogP contribution in [0.25, 0.3) is 0 Å². The maximum absolute atomic E-state index is 12.1. The van der Waals surface area contributed by atoms with Crippen LogP contribution in [-0.2, 0) is 25.2 Å². The summed E-state index contributed by atoms with van der Waals surface area (Å²) in [4.78, 5) is 21.9. The van der Waals surface area contributed by atoms with E-state index in [4.69, 9.17) is 5.11 Å². The third-order valence-electron chi connectivity index (χ3n) is 3.05. The molecule has 0 bridgehead atoms. The van der Waals surface area contributed by atoms with Gasteiger partial charge in [-0.2, -0.15) is 0 Å². The summed E-state index contributed by atoms with van der Waals surface area (Å²) in [7, 11) is -3.65.